The van der Waals surface area contributed by atoms with Crippen molar-refractivity contribution in [2.75, 3.05) is 6.54 Å². The minimum atomic E-state index is -0.418. The third kappa shape index (κ3) is 3.31. The Balaban J connectivity index is 2.41. The Morgan fingerprint density at radius 3 is 2.95 bits per heavy atom. The fourth-order valence-electron chi connectivity index (χ4n) is 1.72. The van der Waals surface area contributed by atoms with Gasteiger partial charge in [-0.1, -0.05) is 29.1 Å². The second-order valence-corrected chi connectivity index (χ2v) is 6.02. The zero-order chi connectivity index (χ0) is 13.8. The molecule has 0 amide bonds. The van der Waals surface area contributed by atoms with Crippen LogP contribution in [0.1, 0.15) is 29.8 Å². The zero-order valence-electron chi connectivity index (χ0n) is 10.2. The molecule has 1 aromatic carbocycles. The molecule has 0 fully saturated rings. The van der Waals surface area contributed by atoms with Crippen LogP contribution in [0, 0.1) is 5.82 Å². The monoisotopic (exact) mass is 363 g/mol. The van der Waals surface area contributed by atoms with Gasteiger partial charge in [-0.25, -0.2) is 4.39 Å². The molecular weight excluding hydrogens is 353 g/mol. The summed E-state index contributed by atoms with van der Waals surface area (Å²) in [5.74, 6) is -0.418. The van der Waals surface area contributed by atoms with Gasteiger partial charge in [-0.3, -0.25) is 0 Å². The van der Waals surface area contributed by atoms with Gasteiger partial charge in [0.15, 0.2) is 0 Å². The van der Waals surface area contributed by atoms with Crippen LogP contribution in [0.3, 0.4) is 0 Å². The van der Waals surface area contributed by atoms with E-state index in [0.717, 1.165) is 17.8 Å². The molecule has 0 aliphatic carbocycles. The maximum absolute atomic E-state index is 14.3. The highest BCUT2D eigenvalue weighted by Crippen LogP contribution is 2.33. The van der Waals surface area contributed by atoms with Crippen LogP contribution < -0.4 is 5.32 Å². The molecule has 102 valence electrons. The average Bonchev–Trinajstić information content (AvgIpc) is 2.92. The van der Waals surface area contributed by atoms with E-state index in [4.69, 9.17) is 11.6 Å². The lowest BCUT2D eigenvalue weighted by Gasteiger charge is -2.18. The van der Waals surface area contributed by atoms with E-state index in [1.807, 2.05) is 0 Å². The number of nitrogens with one attached hydrogen (secondary N) is 1. The van der Waals surface area contributed by atoms with E-state index >= 15 is 0 Å². The van der Waals surface area contributed by atoms with Crippen molar-refractivity contribution in [3.05, 3.63) is 44.1 Å². The molecule has 1 heterocycles. The molecule has 1 aromatic heterocycles. The highest BCUT2D eigenvalue weighted by Gasteiger charge is 2.21. The highest BCUT2D eigenvalue weighted by atomic mass is 79.9. The first kappa shape index (κ1) is 14.8. The van der Waals surface area contributed by atoms with Gasteiger partial charge in [0.25, 0.3) is 0 Å². The smallest absolute Gasteiger partial charge is 0.148 e. The summed E-state index contributed by atoms with van der Waals surface area (Å²) in [6.07, 6.45) is 2.60. The molecule has 0 radical (unpaired) electrons. The summed E-state index contributed by atoms with van der Waals surface area (Å²) in [5, 5.41) is 7.20. The summed E-state index contributed by atoms with van der Waals surface area (Å²) in [5.41, 5.74) is 0.507. The SMILES string of the molecule is CCCNC(c1cnns1)c1ccc(Br)c(Cl)c1F. The zero-order valence-corrected chi connectivity index (χ0v) is 13.3. The number of nitrogens with zero attached hydrogens (tertiary/aromatic N) is 2. The number of halogens is 3. The summed E-state index contributed by atoms with van der Waals surface area (Å²) in [4.78, 5) is 0.866. The van der Waals surface area contributed by atoms with Crippen molar-refractivity contribution in [3.8, 4) is 0 Å². The summed E-state index contributed by atoms with van der Waals surface area (Å²) in [7, 11) is 0. The molecule has 0 aliphatic rings. The molecule has 2 aromatic rings. The Bertz CT molecular complexity index is 550. The van der Waals surface area contributed by atoms with Crippen LogP contribution in [0.25, 0.3) is 0 Å². The van der Waals surface area contributed by atoms with E-state index in [1.165, 1.54) is 11.5 Å². The summed E-state index contributed by atoms with van der Waals surface area (Å²) in [6.45, 7) is 2.83. The van der Waals surface area contributed by atoms with E-state index in [1.54, 1.807) is 18.3 Å². The third-order valence-electron chi connectivity index (χ3n) is 2.64. The Morgan fingerprint density at radius 1 is 1.53 bits per heavy atom. The lowest BCUT2D eigenvalue weighted by atomic mass is 10.0. The van der Waals surface area contributed by atoms with E-state index in [0.29, 0.717) is 10.0 Å². The standard InChI is InChI=1S/C12H12BrClFN3S/c1-2-5-16-12(9-6-17-18-19-9)7-3-4-8(13)10(14)11(7)15/h3-4,6,12,16H,2,5H2,1H3. The Morgan fingerprint density at radius 2 is 2.32 bits per heavy atom. The minimum Gasteiger partial charge on any atom is -0.305 e. The number of aromatic nitrogens is 2. The largest absolute Gasteiger partial charge is 0.305 e. The highest BCUT2D eigenvalue weighted by molar-refractivity contribution is 9.10. The molecule has 0 spiro atoms. The van der Waals surface area contributed by atoms with Gasteiger partial charge < -0.3 is 5.32 Å². The molecule has 1 N–H and O–H groups in total. The second-order valence-electron chi connectivity index (χ2n) is 3.97. The van der Waals surface area contributed by atoms with Crippen LogP contribution in [0.2, 0.25) is 5.02 Å². The first-order valence-electron chi connectivity index (χ1n) is 5.79. The van der Waals surface area contributed by atoms with Crippen molar-refractivity contribution in [1.29, 1.82) is 0 Å². The van der Waals surface area contributed by atoms with Gasteiger partial charge in [0.2, 0.25) is 0 Å². The lowest BCUT2D eigenvalue weighted by Crippen LogP contribution is -2.23. The van der Waals surface area contributed by atoms with E-state index in [-0.39, 0.29) is 11.1 Å². The molecule has 2 rings (SSSR count). The molecule has 1 atom stereocenters. The number of benzene rings is 1. The molecule has 3 nitrogen and oxygen atoms in total. The van der Waals surface area contributed by atoms with Crippen LogP contribution >= 0.6 is 39.1 Å². The van der Waals surface area contributed by atoms with Crippen molar-refractivity contribution in [2.24, 2.45) is 0 Å². The van der Waals surface area contributed by atoms with Gasteiger partial charge in [-0.15, -0.1) is 5.10 Å². The van der Waals surface area contributed by atoms with E-state index in [9.17, 15) is 4.39 Å². The van der Waals surface area contributed by atoms with Crippen molar-refractivity contribution in [1.82, 2.24) is 14.9 Å². The van der Waals surface area contributed by atoms with Crippen LogP contribution in [0.4, 0.5) is 4.39 Å². The molecule has 0 saturated heterocycles. The number of hydrogen-bond acceptors (Lipinski definition) is 4. The fourth-order valence-corrected chi connectivity index (χ4v) is 2.80. The normalized spacial score (nSPS) is 12.6. The minimum absolute atomic E-state index is 0.0956. The topological polar surface area (TPSA) is 37.8 Å². The van der Waals surface area contributed by atoms with Gasteiger partial charge in [0.05, 0.1) is 22.1 Å². The maximum Gasteiger partial charge on any atom is 0.148 e. The third-order valence-corrected chi connectivity index (χ3v) is 4.62. The van der Waals surface area contributed by atoms with Crippen molar-refractivity contribution < 1.29 is 4.39 Å². The van der Waals surface area contributed by atoms with E-state index < -0.39 is 5.82 Å². The predicted molar refractivity (Wildman–Crippen MR) is 79.2 cm³/mol. The van der Waals surface area contributed by atoms with Crippen LogP contribution in [0.15, 0.2) is 22.8 Å². The molecule has 0 saturated carbocycles. The Hall–Kier alpha value is -0.560. The van der Waals surface area contributed by atoms with Crippen molar-refractivity contribution in [3.63, 3.8) is 0 Å². The van der Waals surface area contributed by atoms with Crippen molar-refractivity contribution >= 4 is 39.1 Å². The molecule has 0 bridgehead atoms. The van der Waals surface area contributed by atoms with Crippen LogP contribution in [-0.2, 0) is 0 Å². The molecule has 7 heteroatoms. The van der Waals surface area contributed by atoms with Gasteiger partial charge in [0, 0.05) is 10.0 Å². The first-order valence-corrected chi connectivity index (χ1v) is 7.73. The van der Waals surface area contributed by atoms with Crippen LogP contribution in [-0.4, -0.2) is 16.1 Å². The second kappa shape index (κ2) is 6.74. The number of hydrogen-bond donors (Lipinski definition) is 1. The van der Waals surface area contributed by atoms with Crippen LogP contribution in [0.5, 0.6) is 0 Å². The lowest BCUT2D eigenvalue weighted by molar-refractivity contribution is 0.550. The summed E-state index contributed by atoms with van der Waals surface area (Å²) < 4.78 is 18.7. The number of rotatable bonds is 5. The van der Waals surface area contributed by atoms with Gasteiger partial charge in [0.1, 0.15) is 5.82 Å². The molecular formula is C12H12BrClFN3S. The molecule has 1 unspecified atom stereocenters. The quantitative estimate of drug-likeness (QED) is 0.809. The predicted octanol–water partition coefficient (Wildman–Crippen LogP) is 4.18. The summed E-state index contributed by atoms with van der Waals surface area (Å²) >= 11 is 10.4. The Labute approximate surface area is 128 Å². The van der Waals surface area contributed by atoms with Gasteiger partial charge in [-0.05, 0) is 46.5 Å². The first-order chi connectivity index (χ1) is 9.15. The Kier molecular flexibility index (Phi) is 5.27. The molecule has 19 heavy (non-hydrogen) atoms. The van der Waals surface area contributed by atoms with Gasteiger partial charge >= 0.3 is 0 Å². The fraction of sp³-hybridized carbons (Fsp3) is 0.333. The van der Waals surface area contributed by atoms with E-state index in [2.05, 4.69) is 37.8 Å². The maximum atomic E-state index is 14.3. The van der Waals surface area contributed by atoms with Gasteiger partial charge in [-0.2, -0.15) is 0 Å². The average molecular weight is 365 g/mol. The molecule has 0 aliphatic heterocycles. The summed E-state index contributed by atoms with van der Waals surface area (Å²) in [6, 6.07) is 3.19. The van der Waals surface area contributed by atoms with Crippen molar-refractivity contribution in [2.45, 2.75) is 19.4 Å².